The van der Waals surface area contributed by atoms with Crippen molar-refractivity contribution in [3.63, 3.8) is 0 Å². The van der Waals surface area contributed by atoms with E-state index in [-0.39, 0.29) is 29.8 Å². The Balaban J connectivity index is 1.92. The van der Waals surface area contributed by atoms with Gasteiger partial charge in [-0.05, 0) is 12.5 Å². The molecule has 0 saturated heterocycles. The van der Waals surface area contributed by atoms with E-state index < -0.39 is 17.6 Å². The van der Waals surface area contributed by atoms with E-state index in [4.69, 9.17) is 4.42 Å². The number of aromatic amines is 1. The molecule has 0 unspecified atom stereocenters. The second kappa shape index (κ2) is 5.91. The molecule has 8 nitrogen and oxygen atoms in total. The summed E-state index contributed by atoms with van der Waals surface area (Å²) >= 11 is 0. The third-order valence-electron chi connectivity index (χ3n) is 3.13. The highest BCUT2D eigenvalue weighted by atomic mass is 19.4. The normalized spacial score (nSPS) is 11.8. The summed E-state index contributed by atoms with van der Waals surface area (Å²) in [6, 6.07) is 1.40. The molecular formula is C13H10F3N5O3. The zero-order valence-electron chi connectivity index (χ0n) is 12.2. The van der Waals surface area contributed by atoms with Crippen molar-refractivity contribution in [2.75, 3.05) is 0 Å². The van der Waals surface area contributed by atoms with Gasteiger partial charge in [-0.1, -0.05) is 5.16 Å². The first-order chi connectivity index (χ1) is 11.3. The van der Waals surface area contributed by atoms with Crippen molar-refractivity contribution >= 4 is 0 Å². The van der Waals surface area contributed by atoms with Gasteiger partial charge in [0.25, 0.3) is 5.56 Å². The first-order valence-corrected chi connectivity index (χ1v) is 6.75. The van der Waals surface area contributed by atoms with E-state index in [0.29, 0.717) is 11.8 Å². The molecule has 0 spiro atoms. The molecule has 3 aromatic rings. The van der Waals surface area contributed by atoms with Crippen LogP contribution in [0.25, 0.3) is 11.4 Å². The average molecular weight is 341 g/mol. The van der Waals surface area contributed by atoms with Gasteiger partial charge in [-0.25, -0.2) is 0 Å². The minimum atomic E-state index is -4.76. The molecule has 0 aliphatic rings. The van der Waals surface area contributed by atoms with Crippen LogP contribution in [0.3, 0.4) is 0 Å². The van der Waals surface area contributed by atoms with Crippen molar-refractivity contribution < 1.29 is 22.1 Å². The number of halogens is 3. The Morgan fingerprint density at radius 3 is 2.67 bits per heavy atom. The highest BCUT2D eigenvalue weighted by Gasteiger charge is 2.38. The summed E-state index contributed by atoms with van der Waals surface area (Å²) in [7, 11) is 0. The Morgan fingerprint density at radius 2 is 2.04 bits per heavy atom. The molecule has 0 saturated carbocycles. The molecule has 3 aromatic heterocycles. The summed E-state index contributed by atoms with van der Waals surface area (Å²) in [5.74, 6) is -1.10. The van der Waals surface area contributed by atoms with Gasteiger partial charge >= 0.3 is 12.1 Å². The van der Waals surface area contributed by atoms with Gasteiger partial charge < -0.3 is 13.9 Å². The maximum atomic E-state index is 12.6. The molecule has 0 amide bonds. The van der Waals surface area contributed by atoms with Gasteiger partial charge in [0.1, 0.15) is 0 Å². The van der Waals surface area contributed by atoms with Crippen molar-refractivity contribution in [1.82, 2.24) is 25.3 Å². The lowest BCUT2D eigenvalue weighted by Gasteiger charge is -2.03. The van der Waals surface area contributed by atoms with Gasteiger partial charge in [-0.15, -0.1) is 10.2 Å². The number of alkyl halides is 3. The maximum absolute atomic E-state index is 12.6. The summed E-state index contributed by atoms with van der Waals surface area (Å²) in [4.78, 5) is 17.8. The van der Waals surface area contributed by atoms with E-state index in [1.165, 1.54) is 12.3 Å². The summed E-state index contributed by atoms with van der Waals surface area (Å²) in [6.45, 7) is 1.62. The van der Waals surface area contributed by atoms with Crippen LogP contribution in [0.4, 0.5) is 13.2 Å². The predicted molar refractivity (Wildman–Crippen MR) is 71.8 cm³/mol. The standard InChI is InChI=1S/C13H10F3N5O3/c1-6-19-20-9(23-6)3-2-8-7(4-5-17-11(8)22)10-18-12(24-21-10)13(14,15)16/h4-5H,2-3H2,1H3,(H,17,22). The van der Waals surface area contributed by atoms with Crippen LogP contribution in [0.2, 0.25) is 0 Å². The number of aryl methyl sites for hydroxylation is 2. The first kappa shape index (κ1) is 15.9. The van der Waals surface area contributed by atoms with Crippen molar-refractivity contribution in [3.05, 3.63) is 45.9 Å². The van der Waals surface area contributed by atoms with Crippen LogP contribution in [-0.4, -0.2) is 25.3 Å². The van der Waals surface area contributed by atoms with Crippen LogP contribution in [0, 0.1) is 6.92 Å². The molecule has 3 rings (SSSR count). The Bertz CT molecular complexity index is 912. The van der Waals surface area contributed by atoms with Crippen molar-refractivity contribution in [2.24, 2.45) is 0 Å². The SMILES string of the molecule is Cc1nnc(CCc2c(-c3noc(C(F)(F)F)n3)cc[nH]c2=O)o1. The summed E-state index contributed by atoms with van der Waals surface area (Å²) < 4.78 is 47.1. The largest absolute Gasteiger partial charge is 0.471 e. The highest BCUT2D eigenvalue weighted by Crippen LogP contribution is 2.29. The first-order valence-electron chi connectivity index (χ1n) is 6.75. The lowest BCUT2D eigenvalue weighted by molar-refractivity contribution is -0.159. The number of nitrogens with one attached hydrogen (secondary N) is 1. The van der Waals surface area contributed by atoms with Crippen LogP contribution >= 0.6 is 0 Å². The summed E-state index contributed by atoms with van der Waals surface area (Å²) in [5.41, 5.74) is -0.126. The molecule has 0 fully saturated rings. The quantitative estimate of drug-likeness (QED) is 0.771. The van der Waals surface area contributed by atoms with Crippen LogP contribution in [0.1, 0.15) is 23.2 Å². The fourth-order valence-corrected chi connectivity index (χ4v) is 2.09. The van der Waals surface area contributed by atoms with E-state index >= 15 is 0 Å². The molecule has 24 heavy (non-hydrogen) atoms. The molecule has 0 aliphatic carbocycles. The Kier molecular flexibility index (Phi) is 3.91. The van der Waals surface area contributed by atoms with Crippen molar-refractivity contribution in [2.45, 2.75) is 25.9 Å². The minimum Gasteiger partial charge on any atom is -0.426 e. The van der Waals surface area contributed by atoms with Gasteiger partial charge in [0.15, 0.2) is 0 Å². The van der Waals surface area contributed by atoms with E-state index in [1.54, 1.807) is 6.92 Å². The van der Waals surface area contributed by atoms with E-state index in [0.717, 1.165) is 0 Å². The van der Waals surface area contributed by atoms with Crippen LogP contribution in [0.5, 0.6) is 0 Å². The van der Waals surface area contributed by atoms with Crippen LogP contribution in [-0.2, 0) is 19.0 Å². The molecule has 0 aromatic carbocycles. The van der Waals surface area contributed by atoms with Crippen molar-refractivity contribution in [3.8, 4) is 11.4 Å². The molecule has 11 heteroatoms. The smallest absolute Gasteiger partial charge is 0.426 e. The van der Waals surface area contributed by atoms with E-state index in [1.807, 2.05) is 0 Å². The highest BCUT2D eigenvalue weighted by molar-refractivity contribution is 5.58. The van der Waals surface area contributed by atoms with Gasteiger partial charge in [-0.3, -0.25) is 4.79 Å². The number of hydrogen-bond acceptors (Lipinski definition) is 7. The zero-order chi connectivity index (χ0) is 17.3. The second-order valence-corrected chi connectivity index (χ2v) is 4.83. The lowest BCUT2D eigenvalue weighted by Crippen LogP contribution is -2.15. The zero-order valence-corrected chi connectivity index (χ0v) is 12.2. The van der Waals surface area contributed by atoms with Gasteiger partial charge in [0, 0.05) is 30.7 Å². The number of H-pyrrole nitrogens is 1. The van der Waals surface area contributed by atoms with Gasteiger partial charge in [0.2, 0.25) is 17.6 Å². The molecule has 0 aliphatic heterocycles. The minimum absolute atomic E-state index is 0.147. The topological polar surface area (TPSA) is 111 Å². The molecule has 0 atom stereocenters. The predicted octanol–water partition coefficient (Wildman–Crippen LogP) is 1.92. The van der Waals surface area contributed by atoms with Crippen LogP contribution < -0.4 is 5.56 Å². The second-order valence-electron chi connectivity index (χ2n) is 4.83. The number of nitrogens with zero attached hydrogens (tertiary/aromatic N) is 4. The number of rotatable bonds is 4. The van der Waals surface area contributed by atoms with Crippen molar-refractivity contribution in [1.29, 1.82) is 0 Å². The molecule has 0 radical (unpaired) electrons. The van der Waals surface area contributed by atoms with Crippen LogP contribution in [0.15, 0.2) is 26.0 Å². The van der Waals surface area contributed by atoms with Gasteiger partial charge in [-0.2, -0.15) is 18.2 Å². The Labute approximate surface area is 131 Å². The molecule has 126 valence electrons. The maximum Gasteiger partial charge on any atom is 0.471 e. The average Bonchev–Trinajstić information content (AvgIpc) is 3.14. The Morgan fingerprint density at radius 1 is 1.25 bits per heavy atom. The summed E-state index contributed by atoms with van der Waals surface area (Å²) in [6.07, 6.45) is -3.07. The number of hydrogen-bond donors (Lipinski definition) is 1. The molecule has 1 N–H and O–H groups in total. The fraction of sp³-hybridized carbons (Fsp3) is 0.308. The monoisotopic (exact) mass is 341 g/mol. The molecule has 3 heterocycles. The van der Waals surface area contributed by atoms with E-state index in [2.05, 4.69) is 29.8 Å². The number of aromatic nitrogens is 5. The fourth-order valence-electron chi connectivity index (χ4n) is 2.09. The van der Waals surface area contributed by atoms with E-state index in [9.17, 15) is 18.0 Å². The third-order valence-corrected chi connectivity index (χ3v) is 3.13. The Hall–Kier alpha value is -2.98. The number of pyridine rings is 1. The summed E-state index contributed by atoms with van der Waals surface area (Å²) in [5, 5.41) is 10.8. The lowest BCUT2D eigenvalue weighted by atomic mass is 10.0. The third kappa shape index (κ3) is 3.19. The molecular weight excluding hydrogens is 331 g/mol. The molecule has 0 bridgehead atoms. The van der Waals surface area contributed by atoms with Gasteiger partial charge in [0.05, 0.1) is 0 Å².